The van der Waals surface area contributed by atoms with E-state index in [1.807, 2.05) is 32.0 Å². The minimum absolute atomic E-state index is 0.0314. The van der Waals surface area contributed by atoms with Gasteiger partial charge in [-0.05, 0) is 37.9 Å². The van der Waals surface area contributed by atoms with Crippen molar-refractivity contribution in [1.82, 2.24) is 5.32 Å². The Kier molecular flexibility index (Phi) is 6.44. The fourth-order valence-electron chi connectivity index (χ4n) is 1.90. The fraction of sp³-hybridized carbons (Fsp3) is 0.533. The molecular weight excluding hydrogens is 224 g/mol. The smallest absolute Gasteiger partial charge is 0.238 e. The summed E-state index contributed by atoms with van der Waals surface area (Å²) in [6.45, 7) is 7.49. The summed E-state index contributed by atoms with van der Waals surface area (Å²) in [5, 5.41) is 6.14. The van der Waals surface area contributed by atoms with Gasteiger partial charge >= 0.3 is 0 Å². The van der Waals surface area contributed by atoms with Crippen molar-refractivity contribution in [3.8, 4) is 0 Å². The molecular formula is C15H24N2O. The van der Waals surface area contributed by atoms with Crippen LogP contribution in [-0.2, 0) is 4.79 Å². The summed E-state index contributed by atoms with van der Waals surface area (Å²) in [5.41, 5.74) is 3.15. The highest BCUT2D eigenvalue weighted by atomic mass is 16.1. The molecule has 1 rings (SSSR count). The van der Waals surface area contributed by atoms with E-state index >= 15 is 0 Å². The quantitative estimate of drug-likeness (QED) is 0.728. The van der Waals surface area contributed by atoms with Gasteiger partial charge in [0, 0.05) is 5.69 Å². The Labute approximate surface area is 110 Å². The van der Waals surface area contributed by atoms with Crippen molar-refractivity contribution in [2.24, 2.45) is 0 Å². The molecule has 3 nitrogen and oxygen atoms in total. The highest BCUT2D eigenvalue weighted by Gasteiger charge is 2.06. The zero-order valence-corrected chi connectivity index (χ0v) is 11.7. The van der Waals surface area contributed by atoms with Gasteiger partial charge in [0.05, 0.1) is 6.54 Å². The van der Waals surface area contributed by atoms with Crippen LogP contribution in [0.5, 0.6) is 0 Å². The molecule has 18 heavy (non-hydrogen) atoms. The number of aryl methyl sites for hydroxylation is 2. The number of rotatable bonds is 7. The second-order valence-electron chi connectivity index (χ2n) is 4.70. The number of benzene rings is 1. The number of para-hydroxylation sites is 1. The predicted octanol–water partition coefficient (Wildman–Crippen LogP) is 3.02. The molecule has 3 heteroatoms. The second kappa shape index (κ2) is 7.88. The summed E-state index contributed by atoms with van der Waals surface area (Å²) >= 11 is 0. The lowest BCUT2D eigenvalue weighted by atomic mass is 10.1. The first-order valence-corrected chi connectivity index (χ1v) is 6.72. The van der Waals surface area contributed by atoms with Gasteiger partial charge < -0.3 is 10.6 Å². The van der Waals surface area contributed by atoms with Crippen LogP contribution in [0.3, 0.4) is 0 Å². The maximum atomic E-state index is 11.8. The number of nitrogens with one attached hydrogen (secondary N) is 2. The van der Waals surface area contributed by atoms with Gasteiger partial charge in [0.25, 0.3) is 0 Å². The zero-order chi connectivity index (χ0) is 13.4. The normalized spacial score (nSPS) is 10.4. The lowest BCUT2D eigenvalue weighted by molar-refractivity contribution is -0.115. The van der Waals surface area contributed by atoms with Crippen molar-refractivity contribution in [2.45, 2.75) is 40.0 Å². The van der Waals surface area contributed by atoms with Gasteiger partial charge in [-0.3, -0.25) is 4.79 Å². The molecule has 0 unspecified atom stereocenters. The van der Waals surface area contributed by atoms with Crippen LogP contribution in [0.25, 0.3) is 0 Å². The predicted molar refractivity (Wildman–Crippen MR) is 76.9 cm³/mol. The Balaban J connectivity index is 2.36. The fourth-order valence-corrected chi connectivity index (χ4v) is 1.90. The van der Waals surface area contributed by atoms with E-state index in [1.54, 1.807) is 0 Å². The van der Waals surface area contributed by atoms with E-state index in [1.165, 1.54) is 12.8 Å². The van der Waals surface area contributed by atoms with Crippen LogP contribution in [0.2, 0.25) is 0 Å². The highest BCUT2D eigenvalue weighted by molar-refractivity contribution is 5.93. The Bertz CT molecular complexity index is 368. The molecule has 0 aliphatic heterocycles. The van der Waals surface area contributed by atoms with Crippen LogP contribution in [-0.4, -0.2) is 19.0 Å². The van der Waals surface area contributed by atoms with E-state index in [0.717, 1.165) is 29.8 Å². The average Bonchev–Trinajstić information content (AvgIpc) is 2.34. The first kappa shape index (κ1) is 14.7. The van der Waals surface area contributed by atoms with Crippen LogP contribution < -0.4 is 10.6 Å². The minimum atomic E-state index is 0.0314. The lowest BCUT2D eigenvalue weighted by Gasteiger charge is -2.11. The summed E-state index contributed by atoms with van der Waals surface area (Å²) in [6, 6.07) is 6.03. The molecule has 0 heterocycles. The molecule has 0 spiro atoms. The number of unbranched alkanes of at least 4 members (excludes halogenated alkanes) is 2. The van der Waals surface area contributed by atoms with Crippen LogP contribution in [0.4, 0.5) is 5.69 Å². The van der Waals surface area contributed by atoms with E-state index in [4.69, 9.17) is 0 Å². The van der Waals surface area contributed by atoms with Gasteiger partial charge in [-0.1, -0.05) is 38.0 Å². The number of carbonyl (C=O) groups is 1. The first-order valence-electron chi connectivity index (χ1n) is 6.72. The SMILES string of the molecule is CCCCCNCC(=O)Nc1c(C)cccc1C. The summed E-state index contributed by atoms with van der Waals surface area (Å²) in [6.07, 6.45) is 3.55. The molecule has 0 atom stereocenters. The standard InChI is InChI=1S/C15H24N2O/c1-4-5-6-10-16-11-14(18)17-15-12(2)8-7-9-13(15)3/h7-9,16H,4-6,10-11H2,1-3H3,(H,17,18). The third-order valence-corrected chi connectivity index (χ3v) is 2.99. The van der Waals surface area contributed by atoms with E-state index in [2.05, 4.69) is 17.6 Å². The molecule has 2 N–H and O–H groups in total. The summed E-state index contributed by atoms with van der Waals surface area (Å²) in [5.74, 6) is 0.0314. The van der Waals surface area contributed by atoms with Crippen molar-refractivity contribution in [3.05, 3.63) is 29.3 Å². The minimum Gasteiger partial charge on any atom is -0.324 e. The van der Waals surface area contributed by atoms with Crippen LogP contribution in [0, 0.1) is 13.8 Å². The van der Waals surface area contributed by atoms with Crippen molar-refractivity contribution in [3.63, 3.8) is 0 Å². The number of amides is 1. The van der Waals surface area contributed by atoms with Gasteiger partial charge in [0.2, 0.25) is 5.91 Å². The largest absolute Gasteiger partial charge is 0.324 e. The molecule has 1 aromatic rings. The van der Waals surface area contributed by atoms with Gasteiger partial charge in [-0.15, -0.1) is 0 Å². The number of anilines is 1. The summed E-state index contributed by atoms with van der Waals surface area (Å²) in [7, 11) is 0. The average molecular weight is 248 g/mol. The molecule has 0 aromatic heterocycles. The maximum Gasteiger partial charge on any atom is 0.238 e. The molecule has 0 bridgehead atoms. The molecule has 1 amide bonds. The molecule has 0 fully saturated rings. The summed E-state index contributed by atoms with van der Waals surface area (Å²) in [4.78, 5) is 11.8. The van der Waals surface area contributed by atoms with Crippen LogP contribution in [0.15, 0.2) is 18.2 Å². The molecule has 0 saturated heterocycles. The highest BCUT2D eigenvalue weighted by Crippen LogP contribution is 2.18. The monoisotopic (exact) mass is 248 g/mol. The molecule has 0 aliphatic rings. The van der Waals surface area contributed by atoms with Gasteiger partial charge in [0.1, 0.15) is 0 Å². The van der Waals surface area contributed by atoms with Crippen molar-refractivity contribution >= 4 is 11.6 Å². The maximum absolute atomic E-state index is 11.8. The molecule has 0 aliphatic carbocycles. The molecule has 1 aromatic carbocycles. The topological polar surface area (TPSA) is 41.1 Å². The van der Waals surface area contributed by atoms with E-state index in [9.17, 15) is 4.79 Å². The van der Waals surface area contributed by atoms with Crippen molar-refractivity contribution < 1.29 is 4.79 Å². The van der Waals surface area contributed by atoms with Crippen molar-refractivity contribution in [1.29, 1.82) is 0 Å². The first-order chi connectivity index (χ1) is 8.65. The number of hydrogen-bond acceptors (Lipinski definition) is 2. The lowest BCUT2D eigenvalue weighted by Crippen LogP contribution is -2.29. The molecule has 0 radical (unpaired) electrons. The third kappa shape index (κ3) is 4.88. The van der Waals surface area contributed by atoms with Gasteiger partial charge in [-0.25, -0.2) is 0 Å². The Morgan fingerprint density at radius 2 is 1.83 bits per heavy atom. The zero-order valence-electron chi connectivity index (χ0n) is 11.7. The van der Waals surface area contributed by atoms with Gasteiger partial charge in [-0.2, -0.15) is 0 Å². The van der Waals surface area contributed by atoms with E-state index < -0.39 is 0 Å². The summed E-state index contributed by atoms with van der Waals surface area (Å²) < 4.78 is 0. The van der Waals surface area contributed by atoms with E-state index in [-0.39, 0.29) is 5.91 Å². The van der Waals surface area contributed by atoms with Crippen molar-refractivity contribution in [2.75, 3.05) is 18.4 Å². The van der Waals surface area contributed by atoms with Gasteiger partial charge in [0.15, 0.2) is 0 Å². The Hall–Kier alpha value is -1.35. The van der Waals surface area contributed by atoms with E-state index in [0.29, 0.717) is 6.54 Å². The van der Waals surface area contributed by atoms with Crippen LogP contribution >= 0.6 is 0 Å². The molecule has 100 valence electrons. The number of carbonyl (C=O) groups excluding carboxylic acids is 1. The third-order valence-electron chi connectivity index (χ3n) is 2.99. The Morgan fingerprint density at radius 3 is 2.44 bits per heavy atom. The van der Waals surface area contributed by atoms with Crippen LogP contribution in [0.1, 0.15) is 37.3 Å². The molecule has 0 saturated carbocycles. The Morgan fingerprint density at radius 1 is 1.17 bits per heavy atom. The number of hydrogen-bond donors (Lipinski definition) is 2. The second-order valence-corrected chi connectivity index (χ2v) is 4.70.